The van der Waals surface area contributed by atoms with E-state index in [1.54, 1.807) is 43.5 Å². The van der Waals surface area contributed by atoms with Crippen LogP contribution in [0, 0.1) is 11.3 Å². The minimum absolute atomic E-state index is 0.0753. The van der Waals surface area contributed by atoms with Gasteiger partial charge >= 0.3 is 0 Å². The van der Waals surface area contributed by atoms with E-state index in [0.717, 1.165) is 0 Å². The molecule has 0 aliphatic carbocycles. The standard InChI is InChI=1S/C20H21N3O5/c1-23(14-19(24)22-13-16-4-3-10-27-16)20(25)8-6-15-5-7-17(28-11-9-21)18(12-15)26-2/h3-8,10,12H,11,13-14H2,1-2H3,(H,22,24)/b8-6+. The molecule has 8 nitrogen and oxygen atoms in total. The van der Waals surface area contributed by atoms with Gasteiger partial charge in [0, 0.05) is 13.1 Å². The number of hydrogen-bond donors (Lipinski definition) is 1. The molecule has 2 amide bonds. The summed E-state index contributed by atoms with van der Waals surface area (Å²) in [4.78, 5) is 25.4. The average molecular weight is 383 g/mol. The number of hydrogen-bond acceptors (Lipinski definition) is 6. The Morgan fingerprint density at radius 2 is 2.14 bits per heavy atom. The summed E-state index contributed by atoms with van der Waals surface area (Å²) in [5, 5.41) is 11.3. The molecule has 0 atom stereocenters. The number of nitrogens with one attached hydrogen (secondary N) is 1. The van der Waals surface area contributed by atoms with Crippen LogP contribution >= 0.6 is 0 Å². The van der Waals surface area contributed by atoms with Crippen LogP contribution in [0.5, 0.6) is 11.5 Å². The molecule has 146 valence electrons. The van der Waals surface area contributed by atoms with Crippen molar-refractivity contribution in [3.8, 4) is 17.6 Å². The fourth-order valence-electron chi connectivity index (χ4n) is 2.26. The maximum absolute atomic E-state index is 12.2. The minimum Gasteiger partial charge on any atom is -0.493 e. The van der Waals surface area contributed by atoms with E-state index in [9.17, 15) is 9.59 Å². The third-order valence-corrected chi connectivity index (χ3v) is 3.70. The van der Waals surface area contributed by atoms with Gasteiger partial charge in [0.2, 0.25) is 11.8 Å². The molecule has 0 radical (unpaired) electrons. The van der Waals surface area contributed by atoms with Gasteiger partial charge < -0.3 is 24.1 Å². The van der Waals surface area contributed by atoms with Gasteiger partial charge in [-0.2, -0.15) is 5.26 Å². The van der Waals surface area contributed by atoms with Gasteiger partial charge in [-0.25, -0.2) is 0 Å². The first-order chi connectivity index (χ1) is 13.5. The van der Waals surface area contributed by atoms with Crippen molar-refractivity contribution >= 4 is 17.9 Å². The number of ether oxygens (including phenoxy) is 2. The minimum atomic E-state index is -0.322. The molecule has 1 aromatic carbocycles. The Morgan fingerprint density at radius 1 is 1.32 bits per heavy atom. The zero-order chi connectivity index (χ0) is 20.4. The van der Waals surface area contributed by atoms with E-state index in [2.05, 4.69) is 5.32 Å². The lowest BCUT2D eigenvalue weighted by molar-refractivity contribution is -0.131. The van der Waals surface area contributed by atoms with Crippen LogP contribution in [-0.4, -0.2) is 44.0 Å². The predicted molar refractivity (Wildman–Crippen MR) is 101 cm³/mol. The van der Waals surface area contributed by atoms with Gasteiger partial charge in [-0.3, -0.25) is 9.59 Å². The molecule has 2 rings (SSSR count). The Labute approximate surface area is 162 Å². The highest BCUT2D eigenvalue weighted by atomic mass is 16.5. The Hall–Kier alpha value is -3.73. The second-order valence-corrected chi connectivity index (χ2v) is 5.74. The number of furan rings is 1. The lowest BCUT2D eigenvalue weighted by Crippen LogP contribution is -2.37. The third kappa shape index (κ3) is 6.21. The van der Waals surface area contributed by atoms with E-state index in [0.29, 0.717) is 22.8 Å². The van der Waals surface area contributed by atoms with E-state index in [1.165, 1.54) is 24.3 Å². The van der Waals surface area contributed by atoms with E-state index in [-0.39, 0.29) is 31.5 Å². The van der Waals surface area contributed by atoms with Crippen LogP contribution in [0.1, 0.15) is 11.3 Å². The van der Waals surface area contributed by atoms with Crippen LogP contribution in [0.4, 0.5) is 0 Å². The number of carbonyl (C=O) groups excluding carboxylic acids is 2. The number of carbonyl (C=O) groups is 2. The second kappa shape index (κ2) is 10.4. The molecule has 0 unspecified atom stereocenters. The van der Waals surface area contributed by atoms with Crippen LogP contribution in [0.15, 0.2) is 47.1 Å². The van der Waals surface area contributed by atoms with Crippen molar-refractivity contribution in [2.24, 2.45) is 0 Å². The molecule has 0 saturated carbocycles. The second-order valence-electron chi connectivity index (χ2n) is 5.74. The zero-order valence-electron chi connectivity index (χ0n) is 15.7. The molecule has 0 saturated heterocycles. The van der Waals surface area contributed by atoms with Crippen LogP contribution in [0.3, 0.4) is 0 Å². The van der Waals surface area contributed by atoms with Crippen LogP contribution in [0.2, 0.25) is 0 Å². The fourth-order valence-corrected chi connectivity index (χ4v) is 2.26. The Kier molecular flexibility index (Phi) is 7.66. The summed E-state index contributed by atoms with van der Waals surface area (Å²) in [6.07, 6.45) is 4.50. The summed E-state index contributed by atoms with van der Waals surface area (Å²) < 4.78 is 15.6. The van der Waals surface area contributed by atoms with E-state index in [4.69, 9.17) is 19.2 Å². The molecule has 8 heteroatoms. The molecule has 0 aliphatic heterocycles. The molecule has 28 heavy (non-hydrogen) atoms. The largest absolute Gasteiger partial charge is 0.493 e. The Morgan fingerprint density at radius 3 is 2.82 bits per heavy atom. The van der Waals surface area contributed by atoms with Gasteiger partial charge in [-0.15, -0.1) is 0 Å². The number of methoxy groups -OCH3 is 1. The van der Waals surface area contributed by atoms with Crippen molar-refractivity contribution < 1.29 is 23.5 Å². The third-order valence-electron chi connectivity index (χ3n) is 3.70. The predicted octanol–water partition coefficient (Wildman–Crippen LogP) is 1.98. The summed E-state index contributed by atoms with van der Waals surface area (Å²) >= 11 is 0. The molecule has 1 aromatic heterocycles. The van der Waals surface area contributed by atoms with Crippen molar-refractivity contribution in [2.75, 3.05) is 27.3 Å². The van der Waals surface area contributed by atoms with E-state index < -0.39 is 0 Å². The van der Waals surface area contributed by atoms with Crippen LogP contribution in [-0.2, 0) is 16.1 Å². The zero-order valence-corrected chi connectivity index (χ0v) is 15.7. The van der Waals surface area contributed by atoms with Gasteiger partial charge in [0.15, 0.2) is 18.1 Å². The first kappa shape index (κ1) is 20.6. The fraction of sp³-hybridized carbons (Fsp3) is 0.250. The number of likely N-dealkylation sites (N-methyl/N-ethyl adjacent to an activating group) is 1. The van der Waals surface area contributed by atoms with Crippen molar-refractivity contribution in [2.45, 2.75) is 6.54 Å². The lowest BCUT2D eigenvalue weighted by Gasteiger charge is -2.14. The first-order valence-electron chi connectivity index (χ1n) is 8.43. The van der Waals surface area contributed by atoms with Crippen LogP contribution in [0.25, 0.3) is 6.08 Å². The molecule has 2 aromatic rings. The van der Waals surface area contributed by atoms with Gasteiger partial charge in [0.25, 0.3) is 0 Å². The van der Waals surface area contributed by atoms with Gasteiger partial charge in [-0.05, 0) is 35.9 Å². The SMILES string of the molecule is COc1cc(/C=C/C(=O)N(C)CC(=O)NCc2ccco2)ccc1OCC#N. The summed E-state index contributed by atoms with van der Waals surface area (Å²) in [6.45, 7) is 0.106. The van der Waals surface area contributed by atoms with Crippen molar-refractivity contribution in [3.63, 3.8) is 0 Å². The summed E-state index contributed by atoms with van der Waals surface area (Å²) in [6, 6.07) is 10.5. The summed E-state index contributed by atoms with van der Waals surface area (Å²) in [5.74, 6) is 0.921. The molecule has 1 N–H and O–H groups in total. The first-order valence-corrected chi connectivity index (χ1v) is 8.43. The summed E-state index contributed by atoms with van der Waals surface area (Å²) in [7, 11) is 3.03. The van der Waals surface area contributed by atoms with Crippen molar-refractivity contribution in [1.29, 1.82) is 5.26 Å². The lowest BCUT2D eigenvalue weighted by atomic mass is 10.2. The van der Waals surface area contributed by atoms with E-state index >= 15 is 0 Å². The number of rotatable bonds is 9. The quantitative estimate of drug-likeness (QED) is 0.664. The highest BCUT2D eigenvalue weighted by Crippen LogP contribution is 2.28. The molecule has 0 bridgehead atoms. The highest BCUT2D eigenvalue weighted by Gasteiger charge is 2.11. The highest BCUT2D eigenvalue weighted by molar-refractivity contribution is 5.94. The average Bonchev–Trinajstić information content (AvgIpc) is 3.22. The Balaban J connectivity index is 1.89. The van der Waals surface area contributed by atoms with E-state index in [1.807, 2.05) is 6.07 Å². The van der Waals surface area contributed by atoms with Crippen molar-refractivity contribution in [3.05, 3.63) is 54.0 Å². The maximum Gasteiger partial charge on any atom is 0.246 e. The maximum atomic E-state index is 12.2. The van der Waals surface area contributed by atoms with Gasteiger partial charge in [0.05, 0.1) is 26.5 Å². The molecule has 0 spiro atoms. The summed E-state index contributed by atoms with van der Waals surface area (Å²) in [5.41, 5.74) is 0.713. The Bertz CT molecular complexity index is 868. The number of nitrogens with zero attached hydrogens (tertiary/aromatic N) is 2. The monoisotopic (exact) mass is 383 g/mol. The molecule has 1 heterocycles. The number of nitriles is 1. The molecular weight excluding hydrogens is 362 g/mol. The molecule has 0 fully saturated rings. The topological polar surface area (TPSA) is 105 Å². The normalized spacial score (nSPS) is 10.3. The van der Waals surface area contributed by atoms with Gasteiger partial charge in [0.1, 0.15) is 11.8 Å². The van der Waals surface area contributed by atoms with Gasteiger partial charge in [-0.1, -0.05) is 6.07 Å². The molecular formula is C20H21N3O5. The molecule has 0 aliphatic rings. The smallest absolute Gasteiger partial charge is 0.246 e. The van der Waals surface area contributed by atoms with Crippen LogP contribution < -0.4 is 14.8 Å². The number of benzene rings is 1. The number of amides is 2. The van der Waals surface area contributed by atoms with Crippen molar-refractivity contribution in [1.82, 2.24) is 10.2 Å².